The molecule has 0 radical (unpaired) electrons. The molecule has 3 atom stereocenters. The minimum atomic E-state index is 0.271. The van der Waals surface area contributed by atoms with Gasteiger partial charge in [0.25, 0.3) is 0 Å². The van der Waals surface area contributed by atoms with Gasteiger partial charge in [-0.15, -0.1) is 0 Å². The van der Waals surface area contributed by atoms with Crippen molar-refractivity contribution in [3.05, 3.63) is 0 Å². The first kappa shape index (κ1) is 15.0. The Morgan fingerprint density at radius 1 is 1.18 bits per heavy atom. The van der Waals surface area contributed by atoms with E-state index in [1.807, 2.05) is 0 Å². The summed E-state index contributed by atoms with van der Waals surface area (Å²) in [5, 5.41) is 3.64. The molecular weight excluding hydrogens is 206 g/mol. The maximum atomic E-state index is 3.64. The van der Waals surface area contributed by atoms with Crippen molar-refractivity contribution >= 4 is 0 Å². The molecule has 3 unspecified atom stereocenters. The second-order valence-corrected chi connectivity index (χ2v) is 7.28. The Labute approximate surface area is 109 Å². The lowest BCUT2D eigenvalue weighted by atomic mass is 9.76. The van der Waals surface area contributed by atoms with Crippen LogP contribution in [-0.2, 0) is 0 Å². The summed E-state index contributed by atoms with van der Waals surface area (Å²) in [6.45, 7) is 12.7. The zero-order valence-electron chi connectivity index (χ0n) is 12.7. The molecule has 0 bridgehead atoms. The highest BCUT2D eigenvalue weighted by Crippen LogP contribution is 2.34. The summed E-state index contributed by atoms with van der Waals surface area (Å²) in [5.74, 6) is 2.86. The second kappa shape index (κ2) is 6.78. The fourth-order valence-electron chi connectivity index (χ4n) is 3.12. The van der Waals surface area contributed by atoms with Gasteiger partial charge in [0, 0.05) is 5.54 Å². The van der Waals surface area contributed by atoms with Crippen molar-refractivity contribution in [2.45, 2.75) is 78.7 Å². The molecule has 0 aromatic rings. The second-order valence-electron chi connectivity index (χ2n) is 7.28. The van der Waals surface area contributed by atoms with E-state index in [9.17, 15) is 0 Å². The van der Waals surface area contributed by atoms with Crippen LogP contribution in [0.2, 0.25) is 0 Å². The van der Waals surface area contributed by atoms with Crippen LogP contribution in [0, 0.1) is 17.8 Å². The molecule has 1 N–H and O–H groups in total. The summed E-state index contributed by atoms with van der Waals surface area (Å²) < 4.78 is 0. The Bertz CT molecular complexity index is 204. The molecule has 0 spiro atoms. The van der Waals surface area contributed by atoms with Crippen LogP contribution in [0.3, 0.4) is 0 Å². The van der Waals surface area contributed by atoms with Crippen molar-refractivity contribution in [3.63, 3.8) is 0 Å². The van der Waals surface area contributed by atoms with Gasteiger partial charge in [-0.25, -0.2) is 0 Å². The molecule has 1 saturated carbocycles. The third-order valence-corrected chi connectivity index (χ3v) is 4.19. The summed E-state index contributed by atoms with van der Waals surface area (Å²) in [7, 11) is 0. The quantitative estimate of drug-likeness (QED) is 0.738. The average molecular weight is 239 g/mol. The van der Waals surface area contributed by atoms with Gasteiger partial charge in [0.15, 0.2) is 0 Å². The van der Waals surface area contributed by atoms with E-state index in [-0.39, 0.29) is 5.54 Å². The maximum Gasteiger partial charge on any atom is 0.00966 e. The Morgan fingerprint density at radius 3 is 2.41 bits per heavy atom. The standard InChI is InChI=1S/C16H33N/c1-6-14-8-7-9-15(11-14)10-13(2)12-17-16(3,4)5/h13-15,17H,6-12H2,1-5H3. The summed E-state index contributed by atoms with van der Waals surface area (Å²) in [5.41, 5.74) is 0.271. The Balaban J connectivity index is 2.23. The minimum absolute atomic E-state index is 0.271. The van der Waals surface area contributed by atoms with Gasteiger partial charge in [0.1, 0.15) is 0 Å². The number of hydrogen-bond donors (Lipinski definition) is 1. The van der Waals surface area contributed by atoms with E-state index < -0.39 is 0 Å². The Hall–Kier alpha value is -0.0400. The van der Waals surface area contributed by atoms with Crippen LogP contribution >= 0.6 is 0 Å². The van der Waals surface area contributed by atoms with Gasteiger partial charge in [-0.05, 0) is 57.9 Å². The van der Waals surface area contributed by atoms with Crippen LogP contribution in [-0.4, -0.2) is 12.1 Å². The fourth-order valence-corrected chi connectivity index (χ4v) is 3.12. The smallest absolute Gasteiger partial charge is 0.00966 e. The zero-order chi connectivity index (χ0) is 12.9. The lowest BCUT2D eigenvalue weighted by Crippen LogP contribution is -2.39. The van der Waals surface area contributed by atoms with Crippen LogP contribution in [0.15, 0.2) is 0 Å². The van der Waals surface area contributed by atoms with Gasteiger partial charge in [-0.2, -0.15) is 0 Å². The van der Waals surface area contributed by atoms with E-state index in [1.54, 1.807) is 0 Å². The minimum Gasteiger partial charge on any atom is -0.312 e. The molecule has 1 fully saturated rings. The normalized spacial score (nSPS) is 28.1. The number of hydrogen-bond acceptors (Lipinski definition) is 1. The van der Waals surface area contributed by atoms with Gasteiger partial charge in [0.05, 0.1) is 0 Å². The van der Waals surface area contributed by atoms with Crippen molar-refractivity contribution < 1.29 is 0 Å². The van der Waals surface area contributed by atoms with Crippen LogP contribution < -0.4 is 5.32 Å². The van der Waals surface area contributed by atoms with E-state index in [0.29, 0.717) is 0 Å². The van der Waals surface area contributed by atoms with Crippen LogP contribution in [0.5, 0.6) is 0 Å². The molecule has 0 aromatic heterocycles. The first-order valence-electron chi connectivity index (χ1n) is 7.65. The van der Waals surface area contributed by atoms with E-state index in [2.05, 4.69) is 39.9 Å². The highest BCUT2D eigenvalue weighted by Gasteiger charge is 2.22. The van der Waals surface area contributed by atoms with Gasteiger partial charge in [-0.3, -0.25) is 0 Å². The third-order valence-electron chi connectivity index (χ3n) is 4.19. The molecule has 0 amide bonds. The van der Waals surface area contributed by atoms with Crippen LogP contribution in [0.1, 0.15) is 73.1 Å². The molecule has 1 aliphatic carbocycles. The van der Waals surface area contributed by atoms with Crippen molar-refractivity contribution in [1.82, 2.24) is 5.32 Å². The molecule has 1 rings (SSSR count). The monoisotopic (exact) mass is 239 g/mol. The molecule has 1 nitrogen and oxygen atoms in total. The number of rotatable bonds is 5. The molecular formula is C16H33N. The van der Waals surface area contributed by atoms with Crippen molar-refractivity contribution in [2.24, 2.45) is 17.8 Å². The van der Waals surface area contributed by atoms with Crippen molar-refractivity contribution in [2.75, 3.05) is 6.54 Å². The van der Waals surface area contributed by atoms with Crippen LogP contribution in [0.25, 0.3) is 0 Å². The number of nitrogens with one attached hydrogen (secondary N) is 1. The molecule has 1 aliphatic rings. The Morgan fingerprint density at radius 2 is 1.82 bits per heavy atom. The van der Waals surface area contributed by atoms with E-state index in [0.717, 1.165) is 17.8 Å². The molecule has 1 heteroatoms. The van der Waals surface area contributed by atoms with Crippen molar-refractivity contribution in [1.29, 1.82) is 0 Å². The summed E-state index contributed by atoms with van der Waals surface area (Å²) in [4.78, 5) is 0. The van der Waals surface area contributed by atoms with E-state index in [4.69, 9.17) is 0 Å². The predicted molar refractivity (Wildman–Crippen MR) is 77.3 cm³/mol. The van der Waals surface area contributed by atoms with E-state index >= 15 is 0 Å². The molecule has 0 aromatic carbocycles. The molecule has 0 aliphatic heterocycles. The fraction of sp³-hybridized carbons (Fsp3) is 1.00. The molecule has 102 valence electrons. The summed E-state index contributed by atoms with van der Waals surface area (Å²) in [6, 6.07) is 0. The first-order valence-corrected chi connectivity index (χ1v) is 7.65. The molecule has 17 heavy (non-hydrogen) atoms. The van der Waals surface area contributed by atoms with Gasteiger partial charge in [0.2, 0.25) is 0 Å². The largest absolute Gasteiger partial charge is 0.312 e. The zero-order valence-corrected chi connectivity index (χ0v) is 12.7. The molecule has 0 saturated heterocycles. The predicted octanol–water partition coefficient (Wildman–Crippen LogP) is 4.62. The lowest BCUT2D eigenvalue weighted by molar-refractivity contribution is 0.221. The highest BCUT2D eigenvalue weighted by atomic mass is 14.9. The SMILES string of the molecule is CCC1CCCC(CC(C)CNC(C)(C)C)C1. The average Bonchev–Trinajstić information content (AvgIpc) is 2.26. The third kappa shape index (κ3) is 6.45. The van der Waals surface area contributed by atoms with Crippen LogP contribution in [0.4, 0.5) is 0 Å². The maximum absolute atomic E-state index is 3.64. The molecule has 0 heterocycles. The van der Waals surface area contributed by atoms with E-state index in [1.165, 1.54) is 45.1 Å². The summed E-state index contributed by atoms with van der Waals surface area (Å²) >= 11 is 0. The topological polar surface area (TPSA) is 12.0 Å². The van der Waals surface area contributed by atoms with Gasteiger partial charge >= 0.3 is 0 Å². The summed E-state index contributed by atoms with van der Waals surface area (Å²) in [6.07, 6.45) is 8.77. The highest BCUT2D eigenvalue weighted by molar-refractivity contribution is 4.77. The Kier molecular flexibility index (Phi) is 5.99. The van der Waals surface area contributed by atoms with Gasteiger partial charge < -0.3 is 5.32 Å². The lowest BCUT2D eigenvalue weighted by Gasteiger charge is -2.31. The van der Waals surface area contributed by atoms with Gasteiger partial charge in [-0.1, -0.05) is 39.5 Å². The first-order chi connectivity index (χ1) is 7.90. The van der Waals surface area contributed by atoms with Crippen molar-refractivity contribution in [3.8, 4) is 0 Å².